The average molecular weight is 283 g/mol. The molecule has 1 saturated heterocycles. The van der Waals surface area contributed by atoms with Crippen molar-refractivity contribution in [3.05, 3.63) is 0 Å². The quantitative estimate of drug-likeness (QED) is 0.796. The van der Waals surface area contributed by atoms with Crippen molar-refractivity contribution in [3.8, 4) is 0 Å². The predicted octanol–water partition coefficient (Wildman–Crippen LogP) is 3.45. The summed E-state index contributed by atoms with van der Waals surface area (Å²) in [6, 6.07) is 0. The third kappa shape index (κ3) is 4.37. The number of carbonyl (C=O) groups is 1. The molecule has 1 atom stereocenters. The SMILES string of the molecule is CC(C)(C)OC(=O)N1CCC(OCC2CC2(C)C)CC1. The summed E-state index contributed by atoms with van der Waals surface area (Å²) in [6.45, 7) is 12.7. The fourth-order valence-corrected chi connectivity index (χ4v) is 2.64. The number of piperidine rings is 1. The number of amides is 1. The van der Waals surface area contributed by atoms with Crippen LogP contribution in [0.15, 0.2) is 0 Å². The summed E-state index contributed by atoms with van der Waals surface area (Å²) in [5.74, 6) is 0.728. The van der Waals surface area contributed by atoms with Gasteiger partial charge in [0.05, 0.1) is 12.7 Å². The van der Waals surface area contributed by atoms with Crippen LogP contribution in [0.3, 0.4) is 0 Å². The van der Waals surface area contributed by atoms with Gasteiger partial charge in [-0.15, -0.1) is 0 Å². The van der Waals surface area contributed by atoms with Crippen LogP contribution in [0.4, 0.5) is 4.79 Å². The molecule has 1 heterocycles. The Morgan fingerprint density at radius 1 is 1.25 bits per heavy atom. The molecule has 2 rings (SSSR count). The third-order valence-corrected chi connectivity index (χ3v) is 4.34. The van der Waals surface area contributed by atoms with Gasteiger partial charge in [-0.1, -0.05) is 13.8 Å². The lowest BCUT2D eigenvalue weighted by Gasteiger charge is -2.33. The van der Waals surface area contributed by atoms with Crippen LogP contribution in [0.1, 0.15) is 53.9 Å². The monoisotopic (exact) mass is 283 g/mol. The molecule has 0 aromatic heterocycles. The predicted molar refractivity (Wildman–Crippen MR) is 78.7 cm³/mol. The largest absolute Gasteiger partial charge is 0.444 e. The van der Waals surface area contributed by atoms with E-state index in [1.165, 1.54) is 6.42 Å². The van der Waals surface area contributed by atoms with Gasteiger partial charge in [0.15, 0.2) is 0 Å². The van der Waals surface area contributed by atoms with E-state index in [1.54, 1.807) is 4.90 Å². The molecule has 0 N–H and O–H groups in total. The highest BCUT2D eigenvalue weighted by molar-refractivity contribution is 5.68. The van der Waals surface area contributed by atoms with Gasteiger partial charge in [0.2, 0.25) is 0 Å². The van der Waals surface area contributed by atoms with Crippen molar-refractivity contribution in [3.63, 3.8) is 0 Å². The first kappa shape index (κ1) is 15.6. The number of rotatable bonds is 3. The first-order valence-electron chi connectivity index (χ1n) is 7.77. The van der Waals surface area contributed by atoms with Gasteiger partial charge in [-0.2, -0.15) is 0 Å². The summed E-state index contributed by atoms with van der Waals surface area (Å²) < 4.78 is 11.4. The molecule has 4 nitrogen and oxygen atoms in total. The summed E-state index contributed by atoms with van der Waals surface area (Å²) in [7, 11) is 0. The molecular formula is C16H29NO3. The standard InChI is InChI=1S/C16H29NO3/c1-15(2,3)20-14(18)17-8-6-13(7-9-17)19-11-12-10-16(12,4)5/h12-13H,6-11H2,1-5H3. The number of hydrogen-bond donors (Lipinski definition) is 0. The lowest BCUT2D eigenvalue weighted by atomic mass is 10.1. The van der Waals surface area contributed by atoms with E-state index >= 15 is 0 Å². The second-order valence-electron chi connectivity index (χ2n) is 7.89. The summed E-state index contributed by atoms with van der Waals surface area (Å²) in [4.78, 5) is 13.7. The number of likely N-dealkylation sites (tertiary alicyclic amines) is 1. The van der Waals surface area contributed by atoms with Crippen LogP contribution in [0, 0.1) is 11.3 Å². The second kappa shape index (κ2) is 5.55. The van der Waals surface area contributed by atoms with Gasteiger partial charge >= 0.3 is 6.09 Å². The van der Waals surface area contributed by atoms with Crippen molar-refractivity contribution in [1.82, 2.24) is 4.90 Å². The molecule has 2 aliphatic rings. The Hall–Kier alpha value is -0.770. The Labute approximate surface area is 122 Å². The fourth-order valence-electron chi connectivity index (χ4n) is 2.64. The number of hydrogen-bond acceptors (Lipinski definition) is 3. The lowest BCUT2D eigenvalue weighted by molar-refractivity contribution is -0.0157. The zero-order chi connectivity index (χ0) is 15.0. The van der Waals surface area contributed by atoms with Gasteiger partial charge in [-0.3, -0.25) is 0 Å². The molecule has 0 aromatic carbocycles. The van der Waals surface area contributed by atoms with E-state index in [1.807, 2.05) is 20.8 Å². The molecule has 1 amide bonds. The molecule has 4 heteroatoms. The molecule has 0 spiro atoms. The molecule has 2 fully saturated rings. The Morgan fingerprint density at radius 2 is 1.80 bits per heavy atom. The Bertz CT molecular complexity index is 351. The summed E-state index contributed by atoms with van der Waals surface area (Å²) in [5.41, 5.74) is 0.0687. The van der Waals surface area contributed by atoms with Crippen LogP contribution < -0.4 is 0 Å². The van der Waals surface area contributed by atoms with Crippen LogP contribution in [-0.4, -0.2) is 42.4 Å². The highest BCUT2D eigenvalue weighted by Crippen LogP contribution is 2.51. The smallest absolute Gasteiger partial charge is 0.410 e. The van der Waals surface area contributed by atoms with Crippen LogP contribution in [0.2, 0.25) is 0 Å². The molecule has 0 bridgehead atoms. The lowest BCUT2D eigenvalue weighted by Crippen LogP contribution is -2.43. The van der Waals surface area contributed by atoms with E-state index in [2.05, 4.69) is 13.8 Å². The van der Waals surface area contributed by atoms with E-state index in [0.717, 1.165) is 38.5 Å². The maximum atomic E-state index is 11.9. The maximum absolute atomic E-state index is 11.9. The fraction of sp³-hybridized carbons (Fsp3) is 0.938. The van der Waals surface area contributed by atoms with Crippen LogP contribution in [0.5, 0.6) is 0 Å². The zero-order valence-corrected chi connectivity index (χ0v) is 13.6. The van der Waals surface area contributed by atoms with Crippen molar-refractivity contribution in [2.45, 2.75) is 65.6 Å². The van der Waals surface area contributed by atoms with E-state index in [4.69, 9.17) is 9.47 Å². The number of ether oxygens (including phenoxy) is 2. The van der Waals surface area contributed by atoms with Crippen molar-refractivity contribution in [2.75, 3.05) is 19.7 Å². The van der Waals surface area contributed by atoms with Crippen LogP contribution in [-0.2, 0) is 9.47 Å². The van der Waals surface area contributed by atoms with Crippen molar-refractivity contribution in [1.29, 1.82) is 0 Å². The summed E-state index contributed by atoms with van der Waals surface area (Å²) >= 11 is 0. The Kier molecular flexibility index (Phi) is 4.33. The second-order valence-corrected chi connectivity index (χ2v) is 7.89. The summed E-state index contributed by atoms with van der Waals surface area (Å²) in [5, 5.41) is 0. The molecule has 1 saturated carbocycles. The number of carbonyl (C=O) groups excluding carboxylic acids is 1. The van der Waals surface area contributed by atoms with Gasteiger partial charge in [0.1, 0.15) is 5.60 Å². The summed E-state index contributed by atoms with van der Waals surface area (Å²) in [6.07, 6.45) is 3.24. The Balaban J connectivity index is 1.66. The van der Waals surface area contributed by atoms with Crippen molar-refractivity contribution in [2.24, 2.45) is 11.3 Å². The minimum atomic E-state index is -0.415. The van der Waals surface area contributed by atoms with Gasteiger partial charge in [-0.05, 0) is 51.4 Å². The van der Waals surface area contributed by atoms with Gasteiger partial charge in [0.25, 0.3) is 0 Å². The van der Waals surface area contributed by atoms with Crippen molar-refractivity contribution < 1.29 is 14.3 Å². The molecule has 116 valence electrons. The molecule has 1 aliphatic carbocycles. The topological polar surface area (TPSA) is 38.8 Å². The molecular weight excluding hydrogens is 254 g/mol. The molecule has 0 radical (unpaired) electrons. The average Bonchev–Trinajstić information content (AvgIpc) is 2.93. The maximum Gasteiger partial charge on any atom is 0.410 e. The first-order valence-corrected chi connectivity index (χ1v) is 7.77. The van der Waals surface area contributed by atoms with E-state index in [0.29, 0.717) is 11.5 Å². The highest BCUT2D eigenvalue weighted by atomic mass is 16.6. The van der Waals surface area contributed by atoms with Gasteiger partial charge < -0.3 is 14.4 Å². The van der Waals surface area contributed by atoms with Crippen LogP contribution >= 0.6 is 0 Å². The Morgan fingerprint density at radius 3 is 2.25 bits per heavy atom. The third-order valence-electron chi connectivity index (χ3n) is 4.34. The minimum absolute atomic E-state index is 0.195. The molecule has 0 aromatic rings. The molecule has 1 unspecified atom stereocenters. The first-order chi connectivity index (χ1) is 9.17. The highest BCUT2D eigenvalue weighted by Gasteiger charge is 2.45. The van der Waals surface area contributed by atoms with Gasteiger partial charge in [0, 0.05) is 13.1 Å². The normalized spacial score (nSPS) is 26.4. The van der Waals surface area contributed by atoms with E-state index in [-0.39, 0.29) is 6.09 Å². The minimum Gasteiger partial charge on any atom is -0.444 e. The van der Waals surface area contributed by atoms with Gasteiger partial charge in [-0.25, -0.2) is 4.79 Å². The van der Waals surface area contributed by atoms with E-state index in [9.17, 15) is 4.79 Å². The van der Waals surface area contributed by atoms with Crippen molar-refractivity contribution >= 4 is 6.09 Å². The molecule has 20 heavy (non-hydrogen) atoms. The number of nitrogens with zero attached hydrogens (tertiary/aromatic N) is 1. The molecule has 1 aliphatic heterocycles. The zero-order valence-electron chi connectivity index (χ0n) is 13.6. The van der Waals surface area contributed by atoms with Crippen LogP contribution in [0.25, 0.3) is 0 Å². The van der Waals surface area contributed by atoms with E-state index < -0.39 is 5.60 Å².